The number of hydrogen-bond acceptors (Lipinski definition) is 3. The van der Waals surface area contributed by atoms with Crippen LogP contribution in [0.25, 0.3) is 0 Å². The van der Waals surface area contributed by atoms with Gasteiger partial charge in [-0.25, -0.2) is 17.7 Å². The van der Waals surface area contributed by atoms with Crippen LogP contribution in [-0.4, -0.2) is 41.1 Å². The molecule has 1 atom stereocenters. The number of rotatable bonds is 5. The zero-order chi connectivity index (χ0) is 15.0. The highest BCUT2D eigenvalue weighted by Crippen LogP contribution is 2.40. The molecule has 21 heavy (non-hydrogen) atoms. The van der Waals surface area contributed by atoms with Gasteiger partial charge in [-0.2, -0.15) is 0 Å². The van der Waals surface area contributed by atoms with Crippen molar-refractivity contribution < 1.29 is 8.42 Å². The van der Waals surface area contributed by atoms with Crippen molar-refractivity contribution in [3.63, 3.8) is 0 Å². The molecule has 5 nitrogen and oxygen atoms in total. The van der Waals surface area contributed by atoms with Crippen LogP contribution in [0.1, 0.15) is 50.0 Å². The SMILES string of the molecule is CCS(=O)(=O)N1CCCC(Cn2c(C)cnc2C2CC2)C1. The first kappa shape index (κ1) is 15.0. The minimum atomic E-state index is -3.05. The van der Waals surface area contributed by atoms with Gasteiger partial charge in [-0.05, 0) is 45.4 Å². The van der Waals surface area contributed by atoms with Crippen LogP contribution in [0.3, 0.4) is 0 Å². The number of nitrogens with zero attached hydrogens (tertiary/aromatic N) is 3. The predicted octanol–water partition coefficient (Wildman–Crippen LogP) is 2.13. The summed E-state index contributed by atoms with van der Waals surface area (Å²) >= 11 is 0. The van der Waals surface area contributed by atoms with Gasteiger partial charge in [0.15, 0.2) is 0 Å². The largest absolute Gasteiger partial charge is 0.332 e. The molecule has 0 spiro atoms. The molecule has 1 aliphatic heterocycles. The Morgan fingerprint density at radius 1 is 1.33 bits per heavy atom. The van der Waals surface area contributed by atoms with Crippen LogP contribution in [0.4, 0.5) is 0 Å². The number of piperidine rings is 1. The molecule has 3 rings (SSSR count). The summed E-state index contributed by atoms with van der Waals surface area (Å²) in [6.07, 6.45) is 6.53. The lowest BCUT2D eigenvalue weighted by Crippen LogP contribution is -2.41. The summed E-state index contributed by atoms with van der Waals surface area (Å²) in [5.74, 6) is 2.46. The second-order valence-corrected chi connectivity index (χ2v) is 8.67. The van der Waals surface area contributed by atoms with Gasteiger partial charge in [0.2, 0.25) is 10.0 Å². The molecule has 2 fully saturated rings. The maximum atomic E-state index is 12.1. The van der Waals surface area contributed by atoms with E-state index in [1.807, 2.05) is 6.20 Å². The zero-order valence-electron chi connectivity index (χ0n) is 13.0. The van der Waals surface area contributed by atoms with Crippen molar-refractivity contribution in [1.29, 1.82) is 0 Å². The lowest BCUT2D eigenvalue weighted by atomic mass is 9.99. The number of hydrogen-bond donors (Lipinski definition) is 0. The summed E-state index contributed by atoms with van der Waals surface area (Å²) in [5, 5.41) is 0. The molecule has 1 saturated carbocycles. The minimum absolute atomic E-state index is 0.206. The molecule has 118 valence electrons. The van der Waals surface area contributed by atoms with Gasteiger partial charge in [-0.3, -0.25) is 0 Å². The van der Waals surface area contributed by atoms with E-state index in [1.165, 1.54) is 24.4 Å². The van der Waals surface area contributed by atoms with E-state index in [-0.39, 0.29) is 5.75 Å². The van der Waals surface area contributed by atoms with Crippen LogP contribution < -0.4 is 0 Å². The third-order valence-electron chi connectivity index (χ3n) is 4.71. The van der Waals surface area contributed by atoms with Crippen molar-refractivity contribution in [1.82, 2.24) is 13.9 Å². The highest BCUT2D eigenvalue weighted by Gasteiger charge is 2.31. The monoisotopic (exact) mass is 311 g/mol. The predicted molar refractivity (Wildman–Crippen MR) is 82.7 cm³/mol. The highest BCUT2D eigenvalue weighted by molar-refractivity contribution is 7.89. The average molecular weight is 311 g/mol. The van der Waals surface area contributed by atoms with Crippen LogP contribution in [0, 0.1) is 12.8 Å². The molecule has 1 saturated heterocycles. The second kappa shape index (κ2) is 5.72. The van der Waals surface area contributed by atoms with Crippen molar-refractivity contribution in [3.8, 4) is 0 Å². The van der Waals surface area contributed by atoms with Crippen molar-refractivity contribution in [2.24, 2.45) is 5.92 Å². The molecule has 6 heteroatoms. The van der Waals surface area contributed by atoms with Gasteiger partial charge in [-0.15, -0.1) is 0 Å². The maximum absolute atomic E-state index is 12.1. The molecular formula is C15H25N3O2S. The van der Waals surface area contributed by atoms with Gasteiger partial charge >= 0.3 is 0 Å². The molecule has 0 radical (unpaired) electrons. The minimum Gasteiger partial charge on any atom is -0.332 e. The third kappa shape index (κ3) is 3.16. The van der Waals surface area contributed by atoms with Crippen LogP contribution in [0.15, 0.2) is 6.20 Å². The fourth-order valence-electron chi connectivity index (χ4n) is 3.25. The molecule has 0 aromatic carbocycles. The summed E-state index contributed by atoms with van der Waals surface area (Å²) < 4.78 is 28.1. The summed E-state index contributed by atoms with van der Waals surface area (Å²) in [6, 6.07) is 0. The molecule has 1 aromatic heterocycles. The van der Waals surface area contributed by atoms with E-state index in [2.05, 4.69) is 16.5 Å². The van der Waals surface area contributed by atoms with Crippen molar-refractivity contribution in [2.75, 3.05) is 18.8 Å². The fourth-order valence-corrected chi connectivity index (χ4v) is 4.46. The normalized spacial score (nSPS) is 24.4. The molecular weight excluding hydrogens is 286 g/mol. The Labute approximate surface area is 127 Å². The lowest BCUT2D eigenvalue weighted by molar-refractivity contribution is 0.243. The van der Waals surface area contributed by atoms with Crippen molar-refractivity contribution >= 4 is 10.0 Å². The first-order valence-corrected chi connectivity index (χ1v) is 9.62. The fraction of sp³-hybridized carbons (Fsp3) is 0.800. The van der Waals surface area contributed by atoms with E-state index in [0.717, 1.165) is 19.4 Å². The molecule has 1 aromatic rings. The summed E-state index contributed by atoms with van der Waals surface area (Å²) in [7, 11) is -3.05. The first-order valence-electron chi connectivity index (χ1n) is 8.01. The molecule has 1 unspecified atom stereocenters. The maximum Gasteiger partial charge on any atom is 0.213 e. The molecule has 0 bridgehead atoms. The van der Waals surface area contributed by atoms with E-state index in [9.17, 15) is 8.42 Å². The van der Waals surface area contributed by atoms with E-state index < -0.39 is 10.0 Å². The molecule has 0 amide bonds. The summed E-state index contributed by atoms with van der Waals surface area (Å²) in [5.41, 5.74) is 1.20. The van der Waals surface area contributed by atoms with E-state index in [0.29, 0.717) is 24.9 Å². The number of aryl methyl sites for hydroxylation is 1. The quantitative estimate of drug-likeness (QED) is 0.837. The van der Waals surface area contributed by atoms with Crippen molar-refractivity contribution in [3.05, 3.63) is 17.7 Å². The van der Waals surface area contributed by atoms with Crippen LogP contribution >= 0.6 is 0 Å². The van der Waals surface area contributed by atoms with E-state index in [4.69, 9.17) is 0 Å². The van der Waals surface area contributed by atoms with Gasteiger partial charge < -0.3 is 4.57 Å². The van der Waals surface area contributed by atoms with Crippen LogP contribution in [0.2, 0.25) is 0 Å². The molecule has 1 aliphatic carbocycles. The first-order chi connectivity index (χ1) is 10.0. The van der Waals surface area contributed by atoms with Crippen LogP contribution in [-0.2, 0) is 16.6 Å². The standard InChI is InChI=1S/C15H25N3O2S/c1-3-21(19,20)17-8-4-5-13(10-17)11-18-12(2)9-16-15(18)14-6-7-14/h9,13-14H,3-8,10-11H2,1-2H3. The zero-order valence-corrected chi connectivity index (χ0v) is 13.8. The van der Waals surface area contributed by atoms with Gasteiger partial charge in [0, 0.05) is 37.4 Å². The Morgan fingerprint density at radius 3 is 2.76 bits per heavy atom. The van der Waals surface area contributed by atoms with Gasteiger partial charge in [-0.1, -0.05) is 0 Å². The smallest absolute Gasteiger partial charge is 0.213 e. The number of sulfonamides is 1. The van der Waals surface area contributed by atoms with Crippen LogP contribution in [0.5, 0.6) is 0 Å². The molecule has 2 heterocycles. The molecule has 0 N–H and O–H groups in total. The Hall–Kier alpha value is -0.880. The molecule has 2 aliphatic rings. The summed E-state index contributed by atoms with van der Waals surface area (Å²) in [4.78, 5) is 4.56. The Morgan fingerprint density at radius 2 is 2.10 bits per heavy atom. The van der Waals surface area contributed by atoms with E-state index >= 15 is 0 Å². The van der Waals surface area contributed by atoms with Crippen molar-refractivity contribution in [2.45, 2.75) is 52.0 Å². The second-order valence-electron chi connectivity index (χ2n) is 6.41. The van der Waals surface area contributed by atoms with Gasteiger partial charge in [0.1, 0.15) is 5.82 Å². The Kier molecular flexibility index (Phi) is 4.10. The Bertz CT molecular complexity index is 604. The number of aromatic nitrogens is 2. The highest BCUT2D eigenvalue weighted by atomic mass is 32.2. The number of imidazole rings is 1. The van der Waals surface area contributed by atoms with Gasteiger partial charge in [0.25, 0.3) is 0 Å². The van der Waals surface area contributed by atoms with E-state index in [1.54, 1.807) is 11.2 Å². The Balaban J connectivity index is 1.72. The third-order valence-corrected chi connectivity index (χ3v) is 6.56. The lowest BCUT2D eigenvalue weighted by Gasteiger charge is -2.32. The average Bonchev–Trinajstić information content (AvgIpc) is 3.26. The topological polar surface area (TPSA) is 55.2 Å². The van der Waals surface area contributed by atoms with Gasteiger partial charge in [0.05, 0.1) is 5.75 Å². The summed E-state index contributed by atoms with van der Waals surface area (Å²) in [6.45, 7) is 6.09.